The number of hydrogen-bond donors (Lipinski definition) is 3. The fourth-order valence-electron chi connectivity index (χ4n) is 7.03. The van der Waals surface area contributed by atoms with Gasteiger partial charge in [-0.15, -0.1) is 6.58 Å². The standard InChI is InChI=1S/C41H50ClN5O9S/c1-9-24-20-41(24,38(51)46-57(52,53)28-14-15-28)45-34(48)31-19-27(55-35-30-18-25(42)13-16-29(30)32(54-8)21-43-35)22-47(31)36(49)33(39(2,3)4)44-26-12-10-11-23(17-26)37(50)56-40(5,6)7/h9-13,16-18,21,24,27-28,31,33,44H,1,14-15,19-20,22H2,2-8H3,(H,45,48)(H,46,51)/t24-,27-,31+,33+,41-/m1/s1. The first-order chi connectivity index (χ1) is 26.7. The van der Waals surface area contributed by atoms with Crippen molar-refractivity contribution in [3.05, 3.63) is 71.9 Å². The fourth-order valence-corrected chi connectivity index (χ4v) is 8.56. The number of pyridine rings is 1. The molecular weight excluding hydrogens is 774 g/mol. The van der Waals surface area contributed by atoms with E-state index in [-0.39, 0.29) is 30.8 Å². The summed E-state index contributed by atoms with van der Waals surface area (Å²) in [4.78, 5) is 61.7. The van der Waals surface area contributed by atoms with Crippen LogP contribution in [-0.2, 0) is 29.1 Å². The molecule has 306 valence electrons. The molecule has 3 aromatic rings. The van der Waals surface area contributed by atoms with Crippen molar-refractivity contribution in [3.63, 3.8) is 0 Å². The molecular formula is C41H50ClN5O9S. The normalized spacial score (nSPS) is 22.6. The Labute approximate surface area is 338 Å². The van der Waals surface area contributed by atoms with Crippen LogP contribution in [0.15, 0.2) is 61.3 Å². The van der Waals surface area contributed by atoms with Crippen LogP contribution in [0, 0.1) is 11.3 Å². The minimum atomic E-state index is -3.92. The number of amides is 3. The lowest BCUT2D eigenvalue weighted by Gasteiger charge is -2.36. The maximum Gasteiger partial charge on any atom is 0.338 e. The molecule has 3 fully saturated rings. The van der Waals surface area contributed by atoms with Crippen LogP contribution in [0.2, 0.25) is 5.02 Å². The van der Waals surface area contributed by atoms with E-state index in [2.05, 4.69) is 26.9 Å². The van der Waals surface area contributed by atoms with Crippen LogP contribution in [0.5, 0.6) is 11.6 Å². The molecule has 57 heavy (non-hydrogen) atoms. The predicted molar refractivity (Wildman–Crippen MR) is 216 cm³/mol. The molecule has 3 amide bonds. The van der Waals surface area contributed by atoms with Gasteiger partial charge in [-0.2, -0.15) is 0 Å². The Kier molecular flexibility index (Phi) is 11.3. The average molecular weight is 824 g/mol. The Morgan fingerprint density at radius 1 is 1.05 bits per heavy atom. The molecule has 0 spiro atoms. The number of fused-ring (bicyclic) bond motifs is 1. The summed E-state index contributed by atoms with van der Waals surface area (Å²) in [7, 11) is -2.40. The Hall–Kier alpha value is -4.89. The van der Waals surface area contributed by atoms with Gasteiger partial charge in [-0.1, -0.05) is 44.5 Å². The Balaban J connectivity index is 1.32. The van der Waals surface area contributed by atoms with Crippen molar-refractivity contribution in [1.29, 1.82) is 0 Å². The monoisotopic (exact) mass is 823 g/mol. The summed E-state index contributed by atoms with van der Waals surface area (Å²) in [6, 6.07) is 9.74. The predicted octanol–water partition coefficient (Wildman–Crippen LogP) is 5.40. The maximum atomic E-state index is 14.9. The molecule has 2 saturated carbocycles. The van der Waals surface area contributed by atoms with Crippen LogP contribution in [0.1, 0.15) is 77.6 Å². The molecule has 1 aromatic heterocycles. The second-order valence-corrected chi connectivity index (χ2v) is 19.4. The van der Waals surface area contributed by atoms with Gasteiger partial charge in [0, 0.05) is 33.8 Å². The van der Waals surface area contributed by atoms with Gasteiger partial charge in [-0.3, -0.25) is 19.1 Å². The van der Waals surface area contributed by atoms with Gasteiger partial charge in [0.2, 0.25) is 27.7 Å². The zero-order chi connectivity index (χ0) is 41.7. The number of ether oxygens (including phenoxy) is 3. The number of methoxy groups -OCH3 is 1. The van der Waals surface area contributed by atoms with Gasteiger partial charge in [0.05, 0.1) is 30.7 Å². The highest BCUT2D eigenvalue weighted by Gasteiger charge is 2.62. The summed E-state index contributed by atoms with van der Waals surface area (Å²) in [5.74, 6) is -2.30. The molecule has 0 radical (unpaired) electrons. The first-order valence-electron chi connectivity index (χ1n) is 18.9. The molecule has 0 unspecified atom stereocenters. The summed E-state index contributed by atoms with van der Waals surface area (Å²) in [5.41, 5.74) is -2.25. The van der Waals surface area contributed by atoms with Crippen molar-refractivity contribution in [3.8, 4) is 11.6 Å². The number of hydrogen-bond acceptors (Lipinski definition) is 11. The molecule has 0 bridgehead atoms. The topological polar surface area (TPSA) is 182 Å². The number of nitrogens with zero attached hydrogens (tertiary/aromatic N) is 2. The number of aromatic nitrogens is 1. The SMILES string of the molecule is C=C[C@@H]1C[C@]1(NC(=O)[C@@H]1C[C@@H](Oc2ncc(OC)c3ccc(Cl)cc23)CN1C(=O)[C@H](Nc1cccc(C(=O)OC(C)(C)C)c1)C(C)(C)C)C(=O)NS(=O)(=O)C1CC1. The van der Waals surface area contributed by atoms with E-state index in [0.29, 0.717) is 40.1 Å². The lowest BCUT2D eigenvalue weighted by Crippen LogP contribution is -2.58. The summed E-state index contributed by atoms with van der Waals surface area (Å²) in [6.45, 7) is 14.7. The first-order valence-corrected chi connectivity index (χ1v) is 20.8. The number of sulfonamides is 1. The minimum Gasteiger partial charge on any atom is -0.494 e. The van der Waals surface area contributed by atoms with Gasteiger partial charge < -0.3 is 29.7 Å². The highest BCUT2D eigenvalue weighted by atomic mass is 35.5. The number of likely N-dealkylation sites (tertiary alicyclic amines) is 1. The number of esters is 1. The number of carbonyl (C=O) groups excluding carboxylic acids is 4. The van der Waals surface area contributed by atoms with Crippen LogP contribution in [0.25, 0.3) is 10.8 Å². The average Bonchev–Trinajstić information content (AvgIpc) is 4.06. The molecule has 14 nitrogen and oxygen atoms in total. The number of rotatable bonds is 13. The number of nitrogens with one attached hydrogen (secondary N) is 3. The Morgan fingerprint density at radius 2 is 1.77 bits per heavy atom. The van der Waals surface area contributed by atoms with Gasteiger partial charge in [0.15, 0.2) is 0 Å². The maximum absolute atomic E-state index is 14.9. The van der Waals surface area contributed by atoms with Gasteiger partial charge >= 0.3 is 5.97 Å². The van der Waals surface area contributed by atoms with Gasteiger partial charge in [0.1, 0.15) is 35.1 Å². The van der Waals surface area contributed by atoms with E-state index in [0.717, 1.165) is 0 Å². The van der Waals surface area contributed by atoms with Crippen molar-refractivity contribution in [2.75, 3.05) is 19.0 Å². The van der Waals surface area contributed by atoms with E-state index >= 15 is 0 Å². The highest BCUT2D eigenvalue weighted by Crippen LogP contribution is 2.46. The van der Waals surface area contributed by atoms with E-state index in [4.69, 9.17) is 25.8 Å². The Bertz CT molecular complexity index is 2220. The molecule has 6 rings (SSSR count). The molecule has 3 aliphatic rings. The van der Waals surface area contributed by atoms with Gasteiger partial charge in [-0.05, 0) is 81.8 Å². The molecule has 3 N–H and O–H groups in total. The van der Waals surface area contributed by atoms with E-state index in [9.17, 15) is 27.6 Å². The van der Waals surface area contributed by atoms with Crippen molar-refractivity contribution < 1.29 is 41.8 Å². The number of benzene rings is 2. The summed E-state index contributed by atoms with van der Waals surface area (Å²) in [6.07, 6.45) is 3.31. The zero-order valence-electron chi connectivity index (χ0n) is 33.2. The number of carbonyl (C=O) groups is 4. The van der Waals surface area contributed by atoms with Crippen LogP contribution in [0.3, 0.4) is 0 Å². The number of halogens is 1. The first kappa shape index (κ1) is 41.7. The second kappa shape index (κ2) is 15.5. The summed E-state index contributed by atoms with van der Waals surface area (Å²) in [5, 5.41) is 7.16. The third kappa shape index (κ3) is 9.14. The molecule has 2 heterocycles. The van der Waals surface area contributed by atoms with Gasteiger partial charge in [0.25, 0.3) is 5.91 Å². The smallest absolute Gasteiger partial charge is 0.338 e. The van der Waals surface area contributed by atoms with Crippen molar-refractivity contribution in [2.45, 2.75) is 102 Å². The van der Waals surface area contributed by atoms with E-state index in [1.54, 1.807) is 63.2 Å². The van der Waals surface area contributed by atoms with Crippen LogP contribution in [-0.4, -0.2) is 90.2 Å². The molecule has 1 aliphatic heterocycles. The fraction of sp³-hybridized carbons (Fsp3) is 0.488. The summed E-state index contributed by atoms with van der Waals surface area (Å²) >= 11 is 6.37. The van der Waals surface area contributed by atoms with Gasteiger partial charge in [-0.25, -0.2) is 18.2 Å². The van der Waals surface area contributed by atoms with E-state index in [1.165, 1.54) is 24.3 Å². The molecule has 5 atom stereocenters. The third-order valence-corrected chi connectivity index (χ3v) is 12.3. The molecule has 2 aliphatic carbocycles. The highest BCUT2D eigenvalue weighted by molar-refractivity contribution is 7.91. The molecule has 1 saturated heterocycles. The zero-order valence-corrected chi connectivity index (χ0v) is 34.8. The second-order valence-electron chi connectivity index (χ2n) is 17.0. The largest absolute Gasteiger partial charge is 0.494 e. The lowest BCUT2D eigenvalue weighted by molar-refractivity contribution is -0.141. The van der Waals surface area contributed by atoms with Crippen molar-refractivity contribution in [1.82, 2.24) is 19.9 Å². The van der Waals surface area contributed by atoms with Crippen LogP contribution in [0.4, 0.5) is 5.69 Å². The van der Waals surface area contributed by atoms with E-state index in [1.807, 2.05) is 20.8 Å². The molecule has 16 heteroatoms. The Morgan fingerprint density at radius 3 is 2.39 bits per heavy atom. The third-order valence-electron chi connectivity index (χ3n) is 10.3. The number of anilines is 1. The van der Waals surface area contributed by atoms with Crippen molar-refractivity contribution >= 4 is 61.8 Å². The minimum absolute atomic E-state index is 0.00909. The quantitative estimate of drug-likeness (QED) is 0.148. The lowest BCUT2D eigenvalue weighted by atomic mass is 9.85. The van der Waals surface area contributed by atoms with Crippen LogP contribution < -0.4 is 24.8 Å². The summed E-state index contributed by atoms with van der Waals surface area (Å²) < 4.78 is 45.2. The van der Waals surface area contributed by atoms with E-state index < -0.39 is 79.6 Å². The van der Waals surface area contributed by atoms with Crippen molar-refractivity contribution in [2.24, 2.45) is 11.3 Å². The van der Waals surface area contributed by atoms with Crippen LogP contribution >= 0.6 is 11.6 Å². The molecule has 2 aromatic carbocycles.